The average molecular weight is 260 g/mol. The van der Waals surface area contributed by atoms with E-state index in [-0.39, 0.29) is 11.9 Å². The molecule has 5 heteroatoms. The second kappa shape index (κ2) is 5.27. The van der Waals surface area contributed by atoms with Gasteiger partial charge in [0, 0.05) is 13.1 Å². The number of nitrogens with zero attached hydrogens (tertiary/aromatic N) is 1. The number of likely N-dealkylation sites (N-methyl/N-ethyl adjacent to an activating group) is 1. The van der Waals surface area contributed by atoms with Gasteiger partial charge in [0.1, 0.15) is 6.10 Å². The molecule has 2 rings (SSSR count). The van der Waals surface area contributed by atoms with Gasteiger partial charge in [0.25, 0.3) is 0 Å². The molecule has 0 bridgehead atoms. The van der Waals surface area contributed by atoms with E-state index in [0.29, 0.717) is 22.4 Å². The molecule has 0 N–H and O–H groups in total. The van der Waals surface area contributed by atoms with Crippen LogP contribution < -0.4 is 0 Å². The molecular formula is C11H14ClNO2S. The molecule has 0 spiro atoms. The quantitative estimate of drug-likeness (QED) is 0.781. The smallest absolute Gasteiger partial charge is 0.202 e. The Morgan fingerprint density at radius 3 is 3.12 bits per heavy atom. The lowest BCUT2D eigenvalue weighted by Gasteiger charge is -2.30. The molecule has 1 aliphatic heterocycles. The van der Waals surface area contributed by atoms with Crippen molar-refractivity contribution in [3.05, 3.63) is 21.3 Å². The Labute approximate surface area is 104 Å². The molecule has 88 valence electrons. The van der Waals surface area contributed by atoms with Crippen molar-refractivity contribution in [1.29, 1.82) is 0 Å². The molecule has 0 radical (unpaired) electrons. The summed E-state index contributed by atoms with van der Waals surface area (Å²) in [6, 6.07) is 3.52. The van der Waals surface area contributed by atoms with E-state index in [1.165, 1.54) is 11.3 Å². The molecule has 1 aromatic rings. The van der Waals surface area contributed by atoms with Crippen molar-refractivity contribution in [2.75, 3.05) is 26.2 Å². The maximum Gasteiger partial charge on any atom is 0.202 e. The summed E-state index contributed by atoms with van der Waals surface area (Å²) in [5.74, 6) is 0.0510. The normalized spacial score (nSPS) is 22.2. The van der Waals surface area contributed by atoms with E-state index in [1.807, 2.05) is 0 Å². The summed E-state index contributed by atoms with van der Waals surface area (Å²) in [6.45, 7) is 5.27. The van der Waals surface area contributed by atoms with E-state index >= 15 is 0 Å². The number of halogens is 1. The average Bonchev–Trinajstić information content (AvgIpc) is 2.75. The number of carbonyl (C=O) groups excluding carboxylic acids is 1. The van der Waals surface area contributed by atoms with E-state index < -0.39 is 0 Å². The summed E-state index contributed by atoms with van der Waals surface area (Å²) < 4.78 is 6.15. The molecule has 1 aliphatic rings. The van der Waals surface area contributed by atoms with Gasteiger partial charge in [-0.1, -0.05) is 18.5 Å². The van der Waals surface area contributed by atoms with Crippen molar-refractivity contribution in [2.45, 2.75) is 13.0 Å². The van der Waals surface area contributed by atoms with E-state index in [0.717, 1.165) is 13.1 Å². The second-order valence-electron chi connectivity index (χ2n) is 3.72. The number of morpholine rings is 1. The summed E-state index contributed by atoms with van der Waals surface area (Å²) in [5, 5.41) is 0. The highest BCUT2D eigenvalue weighted by atomic mass is 35.5. The van der Waals surface area contributed by atoms with E-state index in [1.54, 1.807) is 12.1 Å². The molecule has 1 aromatic heterocycles. The van der Waals surface area contributed by atoms with Gasteiger partial charge in [-0.25, -0.2) is 0 Å². The zero-order valence-electron chi connectivity index (χ0n) is 9.11. The summed E-state index contributed by atoms with van der Waals surface area (Å²) in [5.41, 5.74) is 0. The first-order chi connectivity index (χ1) is 7.70. The van der Waals surface area contributed by atoms with Gasteiger partial charge in [-0.15, -0.1) is 11.3 Å². The zero-order chi connectivity index (χ0) is 11.5. The number of Topliss-reactive ketones (excluding diaryl/α,β-unsaturated/α-hetero) is 1. The summed E-state index contributed by atoms with van der Waals surface area (Å²) in [4.78, 5) is 15.0. The Bertz CT molecular complexity index is 380. The summed E-state index contributed by atoms with van der Waals surface area (Å²) in [7, 11) is 0. The first-order valence-corrected chi connectivity index (χ1v) is 6.53. The van der Waals surface area contributed by atoms with E-state index in [2.05, 4.69) is 11.8 Å². The molecule has 3 nitrogen and oxygen atoms in total. The van der Waals surface area contributed by atoms with Crippen LogP contribution in [0.2, 0.25) is 4.34 Å². The monoisotopic (exact) mass is 259 g/mol. The van der Waals surface area contributed by atoms with Gasteiger partial charge >= 0.3 is 0 Å². The molecular weight excluding hydrogens is 246 g/mol. The minimum Gasteiger partial charge on any atom is -0.367 e. The topological polar surface area (TPSA) is 29.5 Å². The highest BCUT2D eigenvalue weighted by Crippen LogP contribution is 2.24. The minimum atomic E-state index is -0.330. The fraction of sp³-hybridized carbons (Fsp3) is 0.545. The molecule has 0 aromatic carbocycles. The molecule has 0 aliphatic carbocycles. The number of hydrogen-bond acceptors (Lipinski definition) is 4. The van der Waals surface area contributed by atoms with Crippen LogP contribution in [0, 0.1) is 0 Å². The molecule has 0 amide bonds. The predicted molar refractivity (Wildman–Crippen MR) is 65.5 cm³/mol. The summed E-state index contributed by atoms with van der Waals surface area (Å²) in [6.07, 6.45) is -0.330. The maximum atomic E-state index is 12.1. The number of ketones is 1. The molecule has 1 atom stereocenters. The Kier molecular flexibility index (Phi) is 3.97. The third-order valence-corrected chi connectivity index (χ3v) is 3.95. The third kappa shape index (κ3) is 2.63. The first kappa shape index (κ1) is 12.0. The standard InChI is InChI=1S/C11H14ClNO2S/c1-2-13-5-6-15-8(7-13)11(14)9-3-4-10(12)16-9/h3-4,8H,2,5-7H2,1H3. The van der Waals surface area contributed by atoms with Crippen molar-refractivity contribution in [3.63, 3.8) is 0 Å². The van der Waals surface area contributed by atoms with Crippen molar-refractivity contribution in [2.24, 2.45) is 0 Å². The number of carbonyl (C=O) groups is 1. The lowest BCUT2D eigenvalue weighted by atomic mass is 10.1. The summed E-state index contributed by atoms with van der Waals surface area (Å²) >= 11 is 7.13. The second-order valence-corrected chi connectivity index (χ2v) is 5.44. The predicted octanol–water partition coefficient (Wildman–Crippen LogP) is 2.30. The first-order valence-electron chi connectivity index (χ1n) is 5.34. The van der Waals surface area contributed by atoms with Gasteiger partial charge in [-0.2, -0.15) is 0 Å². The minimum absolute atomic E-state index is 0.0510. The van der Waals surface area contributed by atoms with Crippen molar-refractivity contribution in [3.8, 4) is 0 Å². The molecule has 1 unspecified atom stereocenters. The number of ether oxygens (including phenoxy) is 1. The lowest BCUT2D eigenvalue weighted by Crippen LogP contribution is -2.45. The molecule has 1 saturated heterocycles. The van der Waals surface area contributed by atoms with E-state index in [9.17, 15) is 4.79 Å². The lowest BCUT2D eigenvalue weighted by molar-refractivity contribution is -0.0146. The third-order valence-electron chi connectivity index (χ3n) is 2.71. The Morgan fingerprint density at radius 1 is 1.69 bits per heavy atom. The van der Waals surface area contributed by atoms with Gasteiger partial charge in [0.2, 0.25) is 5.78 Å². The van der Waals surface area contributed by atoms with Gasteiger partial charge < -0.3 is 4.74 Å². The Balaban J connectivity index is 2.04. The number of rotatable bonds is 3. The van der Waals surface area contributed by atoms with E-state index in [4.69, 9.17) is 16.3 Å². The van der Waals surface area contributed by atoms with Gasteiger partial charge in [-0.3, -0.25) is 9.69 Å². The largest absolute Gasteiger partial charge is 0.367 e. The van der Waals surface area contributed by atoms with Gasteiger partial charge in [0.15, 0.2) is 0 Å². The van der Waals surface area contributed by atoms with Crippen LogP contribution in [-0.2, 0) is 4.74 Å². The SMILES string of the molecule is CCN1CCOC(C(=O)c2ccc(Cl)s2)C1. The van der Waals surface area contributed by atoms with Crippen LogP contribution in [0.4, 0.5) is 0 Å². The molecule has 16 heavy (non-hydrogen) atoms. The van der Waals surface area contributed by atoms with Crippen LogP contribution >= 0.6 is 22.9 Å². The van der Waals surface area contributed by atoms with Crippen molar-refractivity contribution in [1.82, 2.24) is 4.90 Å². The van der Waals surface area contributed by atoms with Crippen LogP contribution in [0.25, 0.3) is 0 Å². The fourth-order valence-electron chi connectivity index (χ4n) is 1.75. The highest BCUT2D eigenvalue weighted by molar-refractivity contribution is 7.18. The van der Waals surface area contributed by atoms with Crippen molar-refractivity contribution < 1.29 is 9.53 Å². The van der Waals surface area contributed by atoms with Crippen LogP contribution in [0.15, 0.2) is 12.1 Å². The highest BCUT2D eigenvalue weighted by Gasteiger charge is 2.27. The zero-order valence-corrected chi connectivity index (χ0v) is 10.7. The Morgan fingerprint density at radius 2 is 2.50 bits per heavy atom. The Hall–Kier alpha value is -0.420. The fourth-order valence-corrected chi connectivity index (χ4v) is 2.78. The van der Waals surface area contributed by atoms with Crippen LogP contribution in [-0.4, -0.2) is 43.0 Å². The molecule has 1 fully saturated rings. The van der Waals surface area contributed by atoms with Gasteiger partial charge in [0.05, 0.1) is 15.8 Å². The van der Waals surface area contributed by atoms with Crippen LogP contribution in [0.1, 0.15) is 16.6 Å². The maximum absolute atomic E-state index is 12.1. The van der Waals surface area contributed by atoms with Crippen LogP contribution in [0.3, 0.4) is 0 Å². The number of hydrogen-bond donors (Lipinski definition) is 0. The molecule has 2 heterocycles. The number of thiophene rings is 1. The van der Waals surface area contributed by atoms with Crippen LogP contribution in [0.5, 0.6) is 0 Å². The molecule has 0 saturated carbocycles. The van der Waals surface area contributed by atoms with Gasteiger partial charge in [-0.05, 0) is 18.7 Å². The van der Waals surface area contributed by atoms with Crippen molar-refractivity contribution >= 4 is 28.7 Å².